The smallest absolute Gasteiger partial charge is 0.248 e. The van der Waals surface area contributed by atoms with Crippen LogP contribution in [0.4, 0.5) is 22.0 Å². The van der Waals surface area contributed by atoms with Crippen molar-refractivity contribution in [2.75, 3.05) is 10.6 Å². The molecule has 1 atom stereocenters. The Morgan fingerprint density at radius 3 is 2.29 bits per heavy atom. The Morgan fingerprint density at radius 1 is 0.971 bits per heavy atom. The molecular weight excluding hydrogens is 480 g/mol. The van der Waals surface area contributed by atoms with E-state index < -0.39 is 5.91 Å². The van der Waals surface area contributed by atoms with Crippen molar-refractivity contribution in [3.63, 3.8) is 0 Å². The lowest BCUT2D eigenvalue weighted by molar-refractivity contribution is 0.100. The van der Waals surface area contributed by atoms with Crippen LogP contribution in [0, 0.1) is 5.82 Å². The number of amides is 1. The van der Waals surface area contributed by atoms with E-state index in [1.807, 2.05) is 6.92 Å². The van der Waals surface area contributed by atoms with E-state index in [1.165, 1.54) is 12.1 Å². The molecule has 0 saturated carbocycles. The number of primary amides is 1. The molecule has 176 valence electrons. The molecule has 11 heteroatoms. The van der Waals surface area contributed by atoms with Gasteiger partial charge in [-0.05, 0) is 36.8 Å². The van der Waals surface area contributed by atoms with Crippen molar-refractivity contribution in [1.29, 1.82) is 0 Å². The third-order valence-electron chi connectivity index (χ3n) is 4.73. The van der Waals surface area contributed by atoms with E-state index in [1.54, 1.807) is 61.1 Å². The summed E-state index contributed by atoms with van der Waals surface area (Å²) in [6, 6.07) is 14.6. The van der Waals surface area contributed by atoms with E-state index in [0.717, 1.165) is 11.1 Å². The molecular formula is C23H22Cl2FN7O. The average Bonchev–Trinajstić information content (AvgIpc) is 2.80. The highest BCUT2D eigenvalue weighted by molar-refractivity contribution is 5.93. The predicted molar refractivity (Wildman–Crippen MR) is 134 cm³/mol. The van der Waals surface area contributed by atoms with E-state index in [0.29, 0.717) is 28.8 Å². The van der Waals surface area contributed by atoms with E-state index >= 15 is 0 Å². The number of hydrogen-bond donors (Lipinski definition) is 3. The molecule has 1 amide bonds. The third-order valence-corrected chi connectivity index (χ3v) is 4.73. The number of benzene rings is 2. The molecule has 0 radical (unpaired) electrons. The highest BCUT2D eigenvalue weighted by Gasteiger charge is 2.12. The topological polar surface area (TPSA) is 119 Å². The van der Waals surface area contributed by atoms with Crippen molar-refractivity contribution in [3.8, 4) is 11.3 Å². The average molecular weight is 502 g/mol. The number of rotatable bonds is 7. The Bertz CT molecular complexity index is 1230. The van der Waals surface area contributed by atoms with Crippen LogP contribution >= 0.6 is 24.8 Å². The number of anilines is 3. The number of nitrogens with one attached hydrogen (secondary N) is 2. The number of nitrogens with zero attached hydrogens (tertiary/aromatic N) is 4. The summed E-state index contributed by atoms with van der Waals surface area (Å²) in [5.41, 5.74) is 8.02. The lowest BCUT2D eigenvalue weighted by Gasteiger charge is -2.16. The molecule has 34 heavy (non-hydrogen) atoms. The monoisotopic (exact) mass is 501 g/mol. The largest absolute Gasteiger partial charge is 0.366 e. The van der Waals surface area contributed by atoms with Gasteiger partial charge < -0.3 is 16.4 Å². The molecule has 4 rings (SSSR count). The summed E-state index contributed by atoms with van der Waals surface area (Å²) in [5.74, 6) is 0.598. The number of hydrogen-bond acceptors (Lipinski definition) is 7. The van der Waals surface area contributed by atoms with Crippen molar-refractivity contribution in [1.82, 2.24) is 19.9 Å². The Kier molecular flexibility index (Phi) is 9.23. The molecule has 8 nitrogen and oxygen atoms in total. The van der Waals surface area contributed by atoms with Crippen LogP contribution in [0.3, 0.4) is 0 Å². The van der Waals surface area contributed by atoms with E-state index in [-0.39, 0.29) is 36.7 Å². The molecule has 0 aliphatic rings. The molecule has 0 aliphatic carbocycles. The first-order valence-corrected chi connectivity index (χ1v) is 9.82. The number of aromatic nitrogens is 4. The van der Waals surface area contributed by atoms with Crippen LogP contribution in [0.25, 0.3) is 11.3 Å². The van der Waals surface area contributed by atoms with E-state index in [2.05, 4.69) is 30.6 Å². The number of carbonyl (C=O) groups is 1. The fourth-order valence-electron chi connectivity index (χ4n) is 3.05. The second-order valence-corrected chi connectivity index (χ2v) is 7.04. The summed E-state index contributed by atoms with van der Waals surface area (Å²) in [4.78, 5) is 28.8. The van der Waals surface area contributed by atoms with Gasteiger partial charge in [-0.25, -0.2) is 14.4 Å². The van der Waals surface area contributed by atoms with E-state index in [4.69, 9.17) is 5.73 Å². The minimum atomic E-state index is -0.500. The standard InChI is InChI=1S/C23H20FN7O.2ClH/c1-14(15-6-8-18(24)9-7-15)28-23-29-19(16-2-4-17(5-3-16)22(25)32)12-20(31-23)30-21-13-26-10-11-27-21;;/h2-14H,1H3,(H2,25,32)(H2,27,28,29,30,31);2*1H. The summed E-state index contributed by atoms with van der Waals surface area (Å²) < 4.78 is 13.3. The second kappa shape index (κ2) is 11.9. The van der Waals surface area contributed by atoms with Crippen LogP contribution in [-0.2, 0) is 0 Å². The first-order valence-electron chi connectivity index (χ1n) is 9.82. The summed E-state index contributed by atoms with van der Waals surface area (Å²) in [6.07, 6.45) is 4.73. The van der Waals surface area contributed by atoms with Crippen molar-refractivity contribution in [2.45, 2.75) is 13.0 Å². The molecule has 0 fully saturated rings. The van der Waals surface area contributed by atoms with Gasteiger partial charge in [0.2, 0.25) is 11.9 Å². The SMILES string of the molecule is CC(Nc1nc(Nc2cnccn2)cc(-c2ccc(C(N)=O)cc2)n1)c1ccc(F)cc1.Cl.Cl. The summed E-state index contributed by atoms with van der Waals surface area (Å²) in [7, 11) is 0. The van der Waals surface area contributed by atoms with Gasteiger partial charge in [-0.15, -0.1) is 24.8 Å². The normalized spacial score (nSPS) is 10.9. The van der Waals surface area contributed by atoms with Crippen LogP contribution in [-0.4, -0.2) is 25.8 Å². The maximum Gasteiger partial charge on any atom is 0.248 e. The Labute approximate surface area is 208 Å². The summed E-state index contributed by atoms with van der Waals surface area (Å²) in [6.45, 7) is 1.93. The van der Waals surface area contributed by atoms with Crippen molar-refractivity contribution in [3.05, 3.63) is 90.1 Å². The Morgan fingerprint density at radius 2 is 1.68 bits per heavy atom. The second-order valence-electron chi connectivity index (χ2n) is 7.04. The molecule has 4 aromatic rings. The quantitative estimate of drug-likeness (QED) is 0.328. The van der Waals surface area contributed by atoms with Crippen LogP contribution < -0.4 is 16.4 Å². The maximum absolute atomic E-state index is 13.3. The lowest BCUT2D eigenvalue weighted by Crippen LogP contribution is -2.11. The predicted octanol–water partition coefficient (Wildman–Crippen LogP) is 4.93. The van der Waals surface area contributed by atoms with Crippen molar-refractivity contribution in [2.24, 2.45) is 5.73 Å². The van der Waals surface area contributed by atoms with Gasteiger partial charge in [0, 0.05) is 29.6 Å². The Hall–Kier alpha value is -3.82. The summed E-state index contributed by atoms with van der Waals surface area (Å²) in [5, 5.41) is 6.36. The molecule has 0 bridgehead atoms. The first kappa shape index (κ1) is 26.4. The van der Waals surface area contributed by atoms with Crippen molar-refractivity contribution < 1.29 is 9.18 Å². The van der Waals surface area contributed by atoms with Gasteiger partial charge in [-0.2, -0.15) is 4.98 Å². The highest BCUT2D eigenvalue weighted by atomic mass is 35.5. The number of carbonyl (C=O) groups excluding carboxylic acids is 1. The molecule has 2 aromatic carbocycles. The lowest BCUT2D eigenvalue weighted by atomic mass is 10.1. The molecule has 2 aromatic heterocycles. The third kappa shape index (κ3) is 6.60. The minimum Gasteiger partial charge on any atom is -0.366 e. The van der Waals surface area contributed by atoms with Gasteiger partial charge in [0.25, 0.3) is 0 Å². The number of nitrogens with two attached hydrogens (primary N) is 1. The number of halogens is 3. The molecule has 2 heterocycles. The van der Waals surface area contributed by atoms with Crippen LogP contribution in [0.15, 0.2) is 73.2 Å². The van der Waals surface area contributed by atoms with Crippen molar-refractivity contribution >= 4 is 48.3 Å². The van der Waals surface area contributed by atoms with Crippen LogP contribution in [0.2, 0.25) is 0 Å². The first-order chi connectivity index (χ1) is 15.5. The Balaban J connectivity index is 0.00000204. The van der Waals surface area contributed by atoms with E-state index in [9.17, 15) is 9.18 Å². The van der Waals surface area contributed by atoms with Gasteiger partial charge in [0.15, 0.2) is 0 Å². The molecule has 0 saturated heterocycles. The molecule has 4 N–H and O–H groups in total. The van der Waals surface area contributed by atoms with Gasteiger partial charge >= 0.3 is 0 Å². The fraction of sp³-hybridized carbons (Fsp3) is 0.0870. The summed E-state index contributed by atoms with van der Waals surface area (Å²) >= 11 is 0. The van der Waals surface area contributed by atoms with Gasteiger partial charge in [-0.1, -0.05) is 24.3 Å². The van der Waals surface area contributed by atoms with Gasteiger partial charge in [-0.3, -0.25) is 9.78 Å². The zero-order valence-electron chi connectivity index (χ0n) is 18.0. The molecule has 0 aliphatic heterocycles. The fourth-order valence-corrected chi connectivity index (χ4v) is 3.05. The molecule has 0 spiro atoms. The molecule has 1 unspecified atom stereocenters. The van der Waals surface area contributed by atoms with Crippen LogP contribution in [0.1, 0.15) is 28.9 Å². The maximum atomic E-state index is 13.3. The zero-order chi connectivity index (χ0) is 22.5. The zero-order valence-corrected chi connectivity index (χ0v) is 19.6. The van der Waals surface area contributed by atoms with Crippen LogP contribution in [0.5, 0.6) is 0 Å². The van der Waals surface area contributed by atoms with Gasteiger partial charge in [0.05, 0.1) is 17.9 Å². The minimum absolute atomic E-state index is 0. The highest BCUT2D eigenvalue weighted by Crippen LogP contribution is 2.25. The van der Waals surface area contributed by atoms with Gasteiger partial charge in [0.1, 0.15) is 17.5 Å².